The molecule has 3 heteroatoms. The van der Waals surface area contributed by atoms with Crippen molar-refractivity contribution < 1.29 is 4.74 Å². The van der Waals surface area contributed by atoms with Crippen molar-refractivity contribution in [2.24, 2.45) is 5.41 Å². The summed E-state index contributed by atoms with van der Waals surface area (Å²) < 4.78 is 6.43. The van der Waals surface area contributed by atoms with Crippen molar-refractivity contribution in [3.8, 4) is 0 Å². The van der Waals surface area contributed by atoms with Gasteiger partial charge in [0.05, 0.1) is 6.61 Å². The Labute approximate surface area is 125 Å². The Balaban J connectivity index is 2.06. The molecule has 108 valence electrons. The maximum Gasteiger partial charge on any atom is 0.0587 e. The van der Waals surface area contributed by atoms with Gasteiger partial charge in [-0.2, -0.15) is 0 Å². The van der Waals surface area contributed by atoms with Gasteiger partial charge >= 0.3 is 0 Å². The van der Waals surface area contributed by atoms with Gasteiger partial charge in [0.2, 0.25) is 0 Å². The predicted molar refractivity (Wildman–Crippen MR) is 88.6 cm³/mol. The molecule has 1 atom stereocenters. The summed E-state index contributed by atoms with van der Waals surface area (Å²) in [5.41, 5.74) is 1.49. The smallest absolute Gasteiger partial charge is 0.0587 e. The summed E-state index contributed by atoms with van der Waals surface area (Å²) >= 11 is 1.82. The quantitative estimate of drug-likeness (QED) is 0.588. The van der Waals surface area contributed by atoms with Crippen molar-refractivity contribution in [1.29, 1.82) is 0 Å². The van der Waals surface area contributed by atoms with Gasteiger partial charge in [-0.3, -0.25) is 0 Å². The summed E-state index contributed by atoms with van der Waals surface area (Å²) in [6.45, 7) is 8.83. The van der Waals surface area contributed by atoms with Crippen LogP contribution in [0.15, 0.2) is 42.3 Å². The number of hydrogen-bond acceptors (Lipinski definition) is 3. The monoisotopic (exact) mass is 289 g/mol. The molecule has 0 radical (unpaired) electrons. The van der Waals surface area contributed by atoms with E-state index in [2.05, 4.69) is 54.5 Å². The van der Waals surface area contributed by atoms with Crippen molar-refractivity contribution in [2.75, 3.05) is 26.8 Å². The lowest BCUT2D eigenvalue weighted by Gasteiger charge is -2.26. The van der Waals surface area contributed by atoms with Crippen molar-refractivity contribution in [3.63, 3.8) is 0 Å². The van der Waals surface area contributed by atoms with Gasteiger partial charge < -0.3 is 10.1 Å². The second kappa shape index (κ2) is 7.02. The number of hydrogen-bond donors (Lipinski definition) is 1. The van der Waals surface area contributed by atoms with Crippen molar-refractivity contribution >= 4 is 21.4 Å². The molecule has 0 bridgehead atoms. The summed E-state index contributed by atoms with van der Waals surface area (Å²) in [5, 5.41) is 7.10. The molecule has 0 saturated carbocycles. The maximum absolute atomic E-state index is 5.07. The highest BCUT2D eigenvalue weighted by atomic mass is 32.1. The highest BCUT2D eigenvalue weighted by Crippen LogP contribution is 2.31. The lowest BCUT2D eigenvalue weighted by molar-refractivity contribution is 0.196. The number of ether oxygens (including phenoxy) is 1. The van der Waals surface area contributed by atoms with E-state index in [9.17, 15) is 0 Å². The zero-order valence-corrected chi connectivity index (χ0v) is 13.1. The molecule has 20 heavy (non-hydrogen) atoms. The molecule has 1 unspecified atom stereocenters. The zero-order chi connectivity index (χ0) is 14.4. The molecule has 0 amide bonds. The first-order valence-electron chi connectivity index (χ1n) is 6.97. The fourth-order valence-electron chi connectivity index (χ4n) is 2.36. The van der Waals surface area contributed by atoms with Crippen LogP contribution in [0.1, 0.15) is 12.5 Å². The second-order valence-corrected chi connectivity index (χ2v) is 6.37. The molecular weight excluding hydrogens is 266 g/mol. The number of benzene rings is 1. The summed E-state index contributed by atoms with van der Waals surface area (Å²) in [6.07, 6.45) is 3.08. The largest absolute Gasteiger partial charge is 0.383 e. The van der Waals surface area contributed by atoms with E-state index in [1.165, 1.54) is 15.6 Å². The van der Waals surface area contributed by atoms with Crippen LogP contribution in [-0.2, 0) is 11.2 Å². The SMILES string of the molecule is C=CC(C)(CNCCOC)Cc1csc2ccccc12. The van der Waals surface area contributed by atoms with Gasteiger partial charge in [-0.05, 0) is 28.8 Å². The first-order valence-corrected chi connectivity index (χ1v) is 7.85. The minimum Gasteiger partial charge on any atom is -0.383 e. The molecule has 2 nitrogen and oxygen atoms in total. The van der Waals surface area contributed by atoms with Crippen LogP contribution in [0.3, 0.4) is 0 Å². The Bertz CT molecular complexity index is 563. The number of nitrogens with one attached hydrogen (secondary N) is 1. The van der Waals surface area contributed by atoms with Crippen molar-refractivity contribution in [1.82, 2.24) is 5.32 Å². The second-order valence-electron chi connectivity index (χ2n) is 5.46. The molecule has 1 aromatic heterocycles. The lowest BCUT2D eigenvalue weighted by Crippen LogP contribution is -2.33. The molecule has 0 aliphatic heterocycles. The predicted octanol–water partition coefficient (Wildman–Crippen LogP) is 3.87. The standard InChI is InChI=1S/C17H23NOS/c1-4-17(2,13-18-9-10-19-3)11-14-12-20-16-8-6-5-7-15(14)16/h4-8,12,18H,1,9-11,13H2,2-3H3. The van der Waals surface area contributed by atoms with Crippen LogP contribution >= 0.6 is 11.3 Å². The molecule has 1 heterocycles. The minimum atomic E-state index is 0.0670. The summed E-state index contributed by atoms with van der Waals surface area (Å²) in [7, 11) is 1.73. The van der Waals surface area contributed by atoms with E-state index in [0.29, 0.717) is 0 Å². The molecule has 2 rings (SSSR count). The normalized spacial score (nSPS) is 14.3. The highest BCUT2D eigenvalue weighted by molar-refractivity contribution is 7.17. The molecule has 1 N–H and O–H groups in total. The van der Waals surface area contributed by atoms with Crippen LogP contribution in [0.4, 0.5) is 0 Å². The summed E-state index contributed by atoms with van der Waals surface area (Å²) in [6, 6.07) is 8.61. The summed E-state index contributed by atoms with van der Waals surface area (Å²) in [4.78, 5) is 0. The zero-order valence-electron chi connectivity index (χ0n) is 12.3. The molecule has 1 aromatic carbocycles. The van der Waals surface area contributed by atoms with E-state index >= 15 is 0 Å². The molecular formula is C17H23NOS. The lowest BCUT2D eigenvalue weighted by atomic mass is 9.83. The van der Waals surface area contributed by atoms with Crippen LogP contribution < -0.4 is 5.32 Å². The first kappa shape index (κ1) is 15.2. The Hall–Kier alpha value is -1.16. The van der Waals surface area contributed by atoms with Crippen LogP contribution in [0.5, 0.6) is 0 Å². The maximum atomic E-state index is 5.07. The van der Waals surface area contributed by atoms with E-state index in [-0.39, 0.29) is 5.41 Å². The van der Waals surface area contributed by atoms with Crippen LogP contribution in [0, 0.1) is 5.41 Å². The molecule has 0 aliphatic carbocycles. The average Bonchev–Trinajstić information content (AvgIpc) is 2.87. The highest BCUT2D eigenvalue weighted by Gasteiger charge is 2.22. The molecule has 0 aliphatic rings. The van der Waals surface area contributed by atoms with Gasteiger partial charge in [-0.1, -0.05) is 31.2 Å². The molecule has 0 spiro atoms. The van der Waals surface area contributed by atoms with E-state index in [4.69, 9.17) is 4.74 Å². The molecule has 0 saturated heterocycles. The van der Waals surface area contributed by atoms with Crippen LogP contribution in [0.2, 0.25) is 0 Å². The third-order valence-corrected chi connectivity index (χ3v) is 4.67. The third kappa shape index (κ3) is 3.69. The Kier molecular flexibility index (Phi) is 5.35. The molecule has 0 fully saturated rings. The van der Waals surface area contributed by atoms with E-state index in [1.807, 2.05) is 11.3 Å². The topological polar surface area (TPSA) is 21.3 Å². The Morgan fingerprint density at radius 2 is 2.20 bits per heavy atom. The van der Waals surface area contributed by atoms with Crippen molar-refractivity contribution in [3.05, 3.63) is 47.9 Å². The summed E-state index contributed by atoms with van der Waals surface area (Å²) in [5.74, 6) is 0. The van der Waals surface area contributed by atoms with Gasteiger partial charge in [0.1, 0.15) is 0 Å². The fraction of sp³-hybridized carbons (Fsp3) is 0.412. The van der Waals surface area contributed by atoms with Gasteiger partial charge in [-0.15, -0.1) is 17.9 Å². The number of fused-ring (bicyclic) bond motifs is 1. The van der Waals surface area contributed by atoms with E-state index in [0.717, 1.165) is 26.1 Å². The van der Waals surface area contributed by atoms with Crippen LogP contribution in [0.25, 0.3) is 10.1 Å². The number of rotatable bonds is 8. The molecule has 2 aromatic rings. The van der Waals surface area contributed by atoms with Gasteiger partial charge in [0.25, 0.3) is 0 Å². The Morgan fingerprint density at radius 1 is 1.40 bits per heavy atom. The van der Waals surface area contributed by atoms with Gasteiger partial charge in [0, 0.05) is 30.3 Å². The third-order valence-electron chi connectivity index (χ3n) is 3.66. The van der Waals surface area contributed by atoms with Crippen molar-refractivity contribution in [2.45, 2.75) is 13.3 Å². The Morgan fingerprint density at radius 3 is 2.95 bits per heavy atom. The van der Waals surface area contributed by atoms with Crippen LogP contribution in [-0.4, -0.2) is 26.8 Å². The minimum absolute atomic E-state index is 0.0670. The number of methoxy groups -OCH3 is 1. The number of thiophene rings is 1. The fourth-order valence-corrected chi connectivity index (χ4v) is 3.32. The average molecular weight is 289 g/mol. The first-order chi connectivity index (χ1) is 9.68. The van der Waals surface area contributed by atoms with E-state index in [1.54, 1.807) is 7.11 Å². The van der Waals surface area contributed by atoms with Gasteiger partial charge in [-0.25, -0.2) is 0 Å². The van der Waals surface area contributed by atoms with E-state index < -0.39 is 0 Å². The van der Waals surface area contributed by atoms with Gasteiger partial charge in [0.15, 0.2) is 0 Å².